The molecule has 1 atom stereocenters. The summed E-state index contributed by atoms with van der Waals surface area (Å²) in [7, 11) is 3.54. The molecule has 0 saturated carbocycles. The van der Waals surface area contributed by atoms with E-state index >= 15 is 0 Å². The molecule has 2 aromatic carbocycles. The molecule has 0 aliphatic carbocycles. The molecular weight excluding hydrogens is 384 g/mol. The van der Waals surface area contributed by atoms with Gasteiger partial charge in [-0.25, -0.2) is 0 Å². The number of aromatic nitrogens is 3. The molecule has 0 fully saturated rings. The summed E-state index contributed by atoms with van der Waals surface area (Å²) in [5.74, 6) is 1.79. The van der Waals surface area contributed by atoms with Crippen LogP contribution in [0, 0.1) is 13.8 Å². The number of ether oxygens (including phenoxy) is 1. The highest BCUT2D eigenvalue weighted by Gasteiger charge is 2.15. The van der Waals surface area contributed by atoms with Crippen molar-refractivity contribution in [2.24, 2.45) is 7.05 Å². The summed E-state index contributed by atoms with van der Waals surface area (Å²) in [5, 5.41) is 12.2. The number of hydrogen-bond donors (Lipinski definition) is 1. The van der Waals surface area contributed by atoms with Gasteiger partial charge in [0.1, 0.15) is 5.75 Å². The standard InChI is InChI=1S/C22H26N4O2S/c1-14-6-7-18(12-15(14)2)16(3)23-20(27)13-29-22-25-24-21(26(22)4)17-8-10-19(28-5)11-9-17/h6-12,16H,13H2,1-5H3,(H,23,27). The van der Waals surface area contributed by atoms with Gasteiger partial charge in [-0.2, -0.15) is 0 Å². The van der Waals surface area contributed by atoms with E-state index in [2.05, 4.69) is 47.6 Å². The molecule has 6 nitrogen and oxygen atoms in total. The van der Waals surface area contributed by atoms with E-state index in [4.69, 9.17) is 4.74 Å². The molecule has 0 spiro atoms. The number of carbonyl (C=O) groups is 1. The fourth-order valence-electron chi connectivity index (χ4n) is 2.96. The minimum atomic E-state index is -0.0447. The largest absolute Gasteiger partial charge is 0.497 e. The molecular formula is C22H26N4O2S. The summed E-state index contributed by atoms with van der Waals surface area (Å²) < 4.78 is 7.09. The average molecular weight is 411 g/mol. The number of thioether (sulfide) groups is 1. The molecule has 0 bridgehead atoms. The number of nitrogens with one attached hydrogen (secondary N) is 1. The van der Waals surface area contributed by atoms with Crippen LogP contribution in [0.1, 0.15) is 29.7 Å². The van der Waals surface area contributed by atoms with E-state index in [1.165, 1.54) is 22.9 Å². The van der Waals surface area contributed by atoms with Crippen molar-refractivity contribution in [1.82, 2.24) is 20.1 Å². The van der Waals surface area contributed by atoms with E-state index in [0.29, 0.717) is 5.16 Å². The Bertz CT molecular complexity index is 999. The summed E-state index contributed by atoms with van der Waals surface area (Å²) >= 11 is 1.37. The highest BCUT2D eigenvalue weighted by Crippen LogP contribution is 2.24. The van der Waals surface area contributed by atoms with Crippen LogP contribution in [0.25, 0.3) is 11.4 Å². The molecule has 1 unspecified atom stereocenters. The van der Waals surface area contributed by atoms with Gasteiger partial charge in [-0.1, -0.05) is 30.0 Å². The normalized spacial score (nSPS) is 11.9. The van der Waals surface area contributed by atoms with E-state index in [9.17, 15) is 4.79 Å². The number of nitrogens with zero attached hydrogens (tertiary/aromatic N) is 3. The number of amides is 1. The van der Waals surface area contributed by atoms with Crippen LogP contribution in [-0.2, 0) is 11.8 Å². The van der Waals surface area contributed by atoms with Crippen molar-refractivity contribution in [3.05, 3.63) is 59.2 Å². The lowest BCUT2D eigenvalue weighted by atomic mass is 10.0. The molecule has 0 radical (unpaired) electrons. The second kappa shape index (κ2) is 9.13. The maximum atomic E-state index is 12.4. The van der Waals surface area contributed by atoms with Gasteiger partial charge in [0.05, 0.1) is 18.9 Å². The average Bonchev–Trinajstić information content (AvgIpc) is 3.09. The van der Waals surface area contributed by atoms with Crippen molar-refractivity contribution in [3.63, 3.8) is 0 Å². The maximum absolute atomic E-state index is 12.4. The Labute approximate surface area is 175 Å². The molecule has 1 aromatic heterocycles. The second-order valence-corrected chi connectivity index (χ2v) is 7.96. The zero-order chi connectivity index (χ0) is 21.0. The highest BCUT2D eigenvalue weighted by molar-refractivity contribution is 7.99. The molecule has 7 heteroatoms. The van der Waals surface area contributed by atoms with Gasteiger partial charge in [0.2, 0.25) is 5.91 Å². The van der Waals surface area contributed by atoms with Crippen LogP contribution >= 0.6 is 11.8 Å². The van der Waals surface area contributed by atoms with Gasteiger partial charge in [0.25, 0.3) is 0 Å². The first kappa shape index (κ1) is 20.9. The van der Waals surface area contributed by atoms with Gasteiger partial charge in [0.15, 0.2) is 11.0 Å². The lowest BCUT2D eigenvalue weighted by molar-refractivity contribution is -0.119. The monoisotopic (exact) mass is 410 g/mol. The topological polar surface area (TPSA) is 69.0 Å². The summed E-state index contributed by atoms with van der Waals surface area (Å²) in [6, 6.07) is 13.9. The predicted molar refractivity (Wildman–Crippen MR) is 116 cm³/mol. The van der Waals surface area contributed by atoms with Crippen molar-refractivity contribution < 1.29 is 9.53 Å². The minimum Gasteiger partial charge on any atom is -0.497 e. The van der Waals surface area contributed by atoms with Crippen LogP contribution in [0.3, 0.4) is 0 Å². The Kier molecular flexibility index (Phi) is 6.59. The fourth-order valence-corrected chi connectivity index (χ4v) is 3.68. The molecule has 1 heterocycles. The molecule has 3 rings (SSSR count). The van der Waals surface area contributed by atoms with E-state index in [1.54, 1.807) is 7.11 Å². The first-order chi connectivity index (χ1) is 13.9. The third kappa shape index (κ3) is 4.98. The Morgan fingerprint density at radius 2 is 1.86 bits per heavy atom. The molecule has 0 aliphatic heterocycles. The van der Waals surface area contributed by atoms with Crippen LogP contribution in [0.15, 0.2) is 47.6 Å². The van der Waals surface area contributed by atoms with Gasteiger partial charge in [-0.3, -0.25) is 4.79 Å². The number of carbonyl (C=O) groups excluding carboxylic acids is 1. The lowest BCUT2D eigenvalue weighted by Gasteiger charge is -2.15. The van der Waals surface area contributed by atoms with Gasteiger partial charge in [-0.15, -0.1) is 10.2 Å². The Morgan fingerprint density at radius 1 is 1.14 bits per heavy atom. The van der Waals surface area contributed by atoms with E-state index in [0.717, 1.165) is 22.7 Å². The highest BCUT2D eigenvalue weighted by atomic mass is 32.2. The molecule has 1 amide bonds. The fraction of sp³-hybridized carbons (Fsp3) is 0.318. The Hall–Kier alpha value is -2.80. The number of rotatable bonds is 7. The number of methoxy groups -OCH3 is 1. The zero-order valence-corrected chi connectivity index (χ0v) is 18.2. The molecule has 0 saturated heterocycles. The Morgan fingerprint density at radius 3 is 2.52 bits per heavy atom. The van der Waals surface area contributed by atoms with Crippen LogP contribution in [-0.4, -0.2) is 33.5 Å². The number of benzene rings is 2. The first-order valence-electron chi connectivity index (χ1n) is 9.42. The Balaban J connectivity index is 1.60. The van der Waals surface area contributed by atoms with Crippen LogP contribution < -0.4 is 10.1 Å². The first-order valence-corrected chi connectivity index (χ1v) is 10.4. The van der Waals surface area contributed by atoms with Crippen molar-refractivity contribution in [2.45, 2.75) is 32.0 Å². The van der Waals surface area contributed by atoms with Gasteiger partial charge in [0, 0.05) is 12.6 Å². The van der Waals surface area contributed by atoms with Crippen molar-refractivity contribution >= 4 is 17.7 Å². The smallest absolute Gasteiger partial charge is 0.230 e. The van der Waals surface area contributed by atoms with Gasteiger partial charge in [-0.05, 0) is 61.7 Å². The SMILES string of the molecule is COc1ccc(-c2nnc(SCC(=O)NC(C)c3ccc(C)c(C)c3)n2C)cc1. The maximum Gasteiger partial charge on any atom is 0.230 e. The van der Waals surface area contributed by atoms with E-state index in [1.807, 2.05) is 42.8 Å². The van der Waals surface area contributed by atoms with Crippen LogP contribution in [0.4, 0.5) is 0 Å². The minimum absolute atomic E-state index is 0.0327. The van der Waals surface area contributed by atoms with Gasteiger partial charge < -0.3 is 14.6 Å². The molecule has 3 aromatic rings. The summed E-state index contributed by atoms with van der Waals surface area (Å²) in [6.07, 6.45) is 0. The lowest BCUT2D eigenvalue weighted by Crippen LogP contribution is -2.28. The van der Waals surface area contributed by atoms with Crippen molar-refractivity contribution in [2.75, 3.05) is 12.9 Å². The second-order valence-electron chi connectivity index (χ2n) is 7.02. The summed E-state index contributed by atoms with van der Waals surface area (Å²) in [5.41, 5.74) is 4.52. The van der Waals surface area contributed by atoms with E-state index in [-0.39, 0.29) is 17.7 Å². The van der Waals surface area contributed by atoms with Crippen LogP contribution in [0.2, 0.25) is 0 Å². The van der Waals surface area contributed by atoms with Crippen molar-refractivity contribution in [1.29, 1.82) is 0 Å². The third-order valence-electron chi connectivity index (χ3n) is 4.92. The quantitative estimate of drug-likeness (QED) is 0.595. The molecule has 0 aliphatic rings. The zero-order valence-electron chi connectivity index (χ0n) is 17.4. The molecule has 152 valence electrons. The predicted octanol–water partition coefficient (Wildman–Crippen LogP) is 4.08. The molecule has 29 heavy (non-hydrogen) atoms. The van der Waals surface area contributed by atoms with Crippen molar-refractivity contribution in [3.8, 4) is 17.1 Å². The summed E-state index contributed by atoms with van der Waals surface area (Å²) in [4.78, 5) is 12.4. The van der Waals surface area contributed by atoms with Crippen LogP contribution in [0.5, 0.6) is 5.75 Å². The molecule has 1 N–H and O–H groups in total. The van der Waals surface area contributed by atoms with Gasteiger partial charge >= 0.3 is 0 Å². The summed E-state index contributed by atoms with van der Waals surface area (Å²) in [6.45, 7) is 6.16. The number of hydrogen-bond acceptors (Lipinski definition) is 5. The number of aryl methyl sites for hydroxylation is 2. The third-order valence-corrected chi connectivity index (χ3v) is 5.94. The van der Waals surface area contributed by atoms with E-state index < -0.39 is 0 Å².